The van der Waals surface area contributed by atoms with Crippen LogP contribution in [0.15, 0.2) is 43.0 Å². The lowest BCUT2D eigenvalue weighted by molar-refractivity contribution is 0.136. The van der Waals surface area contributed by atoms with E-state index in [1.807, 2.05) is 52.8 Å². The Balaban J connectivity index is 0.000000504. The van der Waals surface area contributed by atoms with Crippen LogP contribution in [0.25, 0.3) is 0 Å². The minimum Gasteiger partial charge on any atom is -0.485 e. The Morgan fingerprint density at radius 1 is 1.17 bits per heavy atom. The predicted octanol–water partition coefficient (Wildman–Crippen LogP) is 5.85. The number of allylic oxidation sites excluding steroid dienone is 3. The summed E-state index contributed by atoms with van der Waals surface area (Å²) in [7, 11) is 0. The molecule has 0 atom stereocenters. The number of hydrogen-bond acceptors (Lipinski definition) is 2. The van der Waals surface area contributed by atoms with Gasteiger partial charge in [0.2, 0.25) is 0 Å². The highest BCUT2D eigenvalue weighted by molar-refractivity contribution is 5.33. The largest absolute Gasteiger partial charge is 0.485 e. The molecule has 136 valence electrons. The summed E-state index contributed by atoms with van der Waals surface area (Å²) in [4.78, 5) is 0. The van der Waals surface area contributed by atoms with Crippen LogP contribution in [0.4, 0.5) is 4.39 Å². The van der Waals surface area contributed by atoms with Crippen molar-refractivity contribution in [3.63, 3.8) is 0 Å². The Labute approximate surface area is 147 Å². The Kier molecular flexibility index (Phi) is 12.9. The van der Waals surface area contributed by atoms with Crippen LogP contribution in [-0.4, -0.2) is 19.2 Å². The fourth-order valence-corrected chi connectivity index (χ4v) is 1.94. The fraction of sp³-hybridized carbons (Fsp3) is 0.524. The van der Waals surface area contributed by atoms with Crippen molar-refractivity contribution in [2.75, 3.05) is 13.1 Å². The lowest BCUT2D eigenvalue weighted by Crippen LogP contribution is -2.50. The number of benzene rings is 1. The van der Waals surface area contributed by atoms with Crippen LogP contribution in [-0.2, 0) is 0 Å². The van der Waals surface area contributed by atoms with Crippen molar-refractivity contribution in [2.24, 2.45) is 0 Å². The molecule has 3 heteroatoms. The molecule has 0 amide bonds. The van der Waals surface area contributed by atoms with E-state index in [9.17, 15) is 4.39 Å². The molecule has 1 heterocycles. The average molecular weight is 336 g/mol. The maximum Gasteiger partial charge on any atom is 0.165 e. The summed E-state index contributed by atoms with van der Waals surface area (Å²) >= 11 is 0. The van der Waals surface area contributed by atoms with E-state index in [0.29, 0.717) is 11.7 Å². The van der Waals surface area contributed by atoms with Crippen LogP contribution >= 0.6 is 0 Å². The molecule has 0 aromatic heterocycles. The lowest BCUT2D eigenvalue weighted by Gasteiger charge is -2.28. The Morgan fingerprint density at radius 3 is 2.12 bits per heavy atom. The third-order valence-corrected chi connectivity index (χ3v) is 3.37. The fourth-order valence-electron chi connectivity index (χ4n) is 1.94. The summed E-state index contributed by atoms with van der Waals surface area (Å²) in [6.45, 7) is 15.1. The first kappa shape index (κ1) is 22.4. The molecule has 2 nitrogen and oxygen atoms in total. The molecule has 1 saturated carbocycles. The van der Waals surface area contributed by atoms with E-state index in [-0.39, 0.29) is 11.9 Å². The number of rotatable bonds is 4. The van der Waals surface area contributed by atoms with Crippen LogP contribution in [0.5, 0.6) is 5.75 Å². The van der Waals surface area contributed by atoms with Crippen LogP contribution in [0, 0.1) is 5.82 Å². The second-order valence-corrected chi connectivity index (χ2v) is 5.12. The van der Waals surface area contributed by atoms with Gasteiger partial charge in [0.25, 0.3) is 0 Å². The van der Waals surface area contributed by atoms with Crippen molar-refractivity contribution >= 4 is 0 Å². The second kappa shape index (κ2) is 13.8. The van der Waals surface area contributed by atoms with Crippen LogP contribution in [0.3, 0.4) is 0 Å². The number of halogens is 1. The predicted molar refractivity (Wildman–Crippen MR) is 103 cm³/mol. The summed E-state index contributed by atoms with van der Waals surface area (Å²) in [6.07, 6.45) is 8.12. The highest BCUT2D eigenvalue weighted by Gasteiger charge is 2.25. The highest BCUT2D eigenvalue weighted by atomic mass is 19.1. The first-order valence-electron chi connectivity index (χ1n) is 9.15. The van der Waals surface area contributed by atoms with Crippen molar-refractivity contribution < 1.29 is 9.13 Å². The molecule has 1 N–H and O–H groups in total. The molecule has 1 aliphatic carbocycles. The summed E-state index contributed by atoms with van der Waals surface area (Å²) in [5.74, 6) is 0.774. The van der Waals surface area contributed by atoms with E-state index in [0.717, 1.165) is 18.7 Å². The average Bonchev–Trinajstić information content (AvgIpc) is 3.42. The first-order valence-corrected chi connectivity index (χ1v) is 9.15. The van der Waals surface area contributed by atoms with Gasteiger partial charge in [0.1, 0.15) is 6.10 Å². The van der Waals surface area contributed by atoms with Crippen molar-refractivity contribution in [1.29, 1.82) is 0 Å². The molecule has 1 aromatic carbocycles. The van der Waals surface area contributed by atoms with E-state index in [4.69, 9.17) is 4.74 Å². The maximum absolute atomic E-state index is 13.6. The van der Waals surface area contributed by atoms with Gasteiger partial charge in [-0.3, -0.25) is 0 Å². The van der Waals surface area contributed by atoms with Crippen LogP contribution < -0.4 is 10.1 Å². The highest BCUT2D eigenvalue weighted by Crippen LogP contribution is 2.41. The number of hydrogen-bond donors (Lipinski definition) is 1. The Bertz CT molecular complexity index is 477. The van der Waals surface area contributed by atoms with Gasteiger partial charge >= 0.3 is 0 Å². The van der Waals surface area contributed by atoms with Gasteiger partial charge in [-0.15, -0.1) is 0 Å². The van der Waals surface area contributed by atoms with Gasteiger partial charge in [0.15, 0.2) is 11.6 Å². The molecule has 0 unspecified atom stereocenters. The number of ether oxygens (including phenoxy) is 1. The molecular weight excluding hydrogens is 301 g/mol. The molecule has 2 aliphatic rings. The van der Waals surface area contributed by atoms with Crippen molar-refractivity contribution in [3.8, 4) is 5.75 Å². The summed E-state index contributed by atoms with van der Waals surface area (Å²) < 4.78 is 19.1. The summed E-state index contributed by atoms with van der Waals surface area (Å²) in [6, 6.07) is 5.38. The van der Waals surface area contributed by atoms with Crippen molar-refractivity contribution in [3.05, 3.63) is 54.4 Å². The number of nitrogens with one attached hydrogen (secondary N) is 1. The van der Waals surface area contributed by atoms with Crippen molar-refractivity contribution in [2.45, 2.75) is 59.5 Å². The molecule has 1 saturated heterocycles. The van der Waals surface area contributed by atoms with Crippen molar-refractivity contribution in [1.82, 2.24) is 5.32 Å². The van der Waals surface area contributed by atoms with Gasteiger partial charge < -0.3 is 10.1 Å². The molecule has 2 fully saturated rings. The van der Waals surface area contributed by atoms with E-state index < -0.39 is 0 Å². The van der Waals surface area contributed by atoms with Crippen LogP contribution in [0.2, 0.25) is 0 Å². The topological polar surface area (TPSA) is 21.3 Å². The zero-order chi connectivity index (χ0) is 18.4. The zero-order valence-corrected chi connectivity index (χ0v) is 15.9. The molecule has 0 bridgehead atoms. The molecule has 24 heavy (non-hydrogen) atoms. The SMILES string of the molecule is C=C/C=C\C.CC.CC.Fc1cc(C2CC2)ccc1OC1CNC1. The summed E-state index contributed by atoms with van der Waals surface area (Å²) in [5, 5.41) is 3.09. The lowest BCUT2D eigenvalue weighted by atomic mass is 10.1. The minimum absolute atomic E-state index is 0.145. The normalized spacial score (nSPS) is 15.6. The monoisotopic (exact) mass is 335 g/mol. The smallest absolute Gasteiger partial charge is 0.165 e. The molecule has 0 spiro atoms. The summed E-state index contributed by atoms with van der Waals surface area (Å²) in [5.41, 5.74) is 1.12. The second-order valence-electron chi connectivity index (χ2n) is 5.12. The van der Waals surface area contributed by atoms with Gasteiger partial charge in [-0.2, -0.15) is 0 Å². The first-order chi connectivity index (χ1) is 11.7. The van der Waals surface area contributed by atoms with E-state index in [1.54, 1.807) is 18.2 Å². The van der Waals surface area contributed by atoms with Gasteiger partial charge in [0, 0.05) is 13.1 Å². The maximum atomic E-state index is 13.6. The zero-order valence-electron chi connectivity index (χ0n) is 15.9. The molecule has 0 radical (unpaired) electrons. The van der Waals surface area contributed by atoms with Gasteiger partial charge in [0.05, 0.1) is 0 Å². The third kappa shape index (κ3) is 8.30. The van der Waals surface area contributed by atoms with Gasteiger partial charge in [-0.05, 0) is 43.4 Å². The van der Waals surface area contributed by atoms with E-state index in [2.05, 4.69) is 11.9 Å². The Hall–Kier alpha value is -1.61. The molecule has 1 aliphatic heterocycles. The van der Waals surface area contributed by atoms with Crippen LogP contribution in [0.1, 0.15) is 58.9 Å². The molecule has 1 aromatic rings. The standard InChI is InChI=1S/C12H14FNO.C5H8.2C2H6/c13-11-5-9(8-1-2-8)3-4-12(11)15-10-6-14-7-10;1-3-5-4-2;2*1-2/h3-5,8,10,14H,1-2,6-7H2;3-5H,1H2,2H3;2*1-2H3/b;5-4-;;. The van der Waals surface area contributed by atoms with Gasteiger partial charge in [-0.1, -0.05) is 58.6 Å². The Morgan fingerprint density at radius 2 is 1.79 bits per heavy atom. The minimum atomic E-state index is -0.216. The molecule has 3 rings (SSSR count). The van der Waals surface area contributed by atoms with E-state index in [1.165, 1.54) is 12.8 Å². The van der Waals surface area contributed by atoms with Gasteiger partial charge in [-0.25, -0.2) is 4.39 Å². The quantitative estimate of drug-likeness (QED) is 0.696. The third-order valence-electron chi connectivity index (χ3n) is 3.37. The van der Waals surface area contributed by atoms with E-state index >= 15 is 0 Å². The molecular formula is C21H34FNO.